The Morgan fingerprint density at radius 2 is 1.74 bits per heavy atom. The monoisotopic (exact) mass is 362 g/mol. The highest BCUT2D eigenvalue weighted by atomic mass is 16.1. The highest BCUT2D eigenvalue weighted by Gasteiger charge is 2.15. The number of aryl methyl sites for hydroxylation is 2. The first kappa shape index (κ1) is 18.9. The number of hydrogen-bond donors (Lipinski definition) is 2. The highest BCUT2D eigenvalue weighted by Crippen LogP contribution is 2.18. The zero-order valence-corrected chi connectivity index (χ0v) is 16.0. The molecular formula is C22H26N4O. The first-order chi connectivity index (χ1) is 12.9. The molecule has 3 aromatic rings. The molecule has 0 spiro atoms. The summed E-state index contributed by atoms with van der Waals surface area (Å²) >= 11 is 0. The van der Waals surface area contributed by atoms with Gasteiger partial charge in [0, 0.05) is 18.2 Å². The average molecular weight is 362 g/mol. The maximum Gasteiger partial charge on any atom is 0.222 e. The van der Waals surface area contributed by atoms with Crippen molar-refractivity contribution in [3.8, 4) is 5.69 Å². The normalized spacial score (nSPS) is 13.2. The van der Waals surface area contributed by atoms with Crippen LogP contribution < -0.4 is 11.1 Å². The van der Waals surface area contributed by atoms with Gasteiger partial charge in [-0.1, -0.05) is 42.5 Å². The topological polar surface area (TPSA) is 72.9 Å². The summed E-state index contributed by atoms with van der Waals surface area (Å²) in [4.78, 5) is 12.3. The lowest BCUT2D eigenvalue weighted by Crippen LogP contribution is -2.29. The molecule has 0 aliphatic rings. The number of hydrogen-bond acceptors (Lipinski definition) is 3. The number of carbonyl (C=O) groups excluding carboxylic acids is 1. The third-order valence-electron chi connectivity index (χ3n) is 4.66. The van der Waals surface area contributed by atoms with Crippen molar-refractivity contribution in [3.05, 3.63) is 83.2 Å². The first-order valence-corrected chi connectivity index (χ1v) is 9.17. The molecule has 5 heteroatoms. The minimum Gasteiger partial charge on any atom is -0.350 e. The summed E-state index contributed by atoms with van der Waals surface area (Å²) in [6.07, 6.45) is 0.262. The zero-order valence-electron chi connectivity index (χ0n) is 16.0. The number of rotatable bonds is 6. The first-order valence-electron chi connectivity index (χ1n) is 9.17. The molecule has 0 fully saturated rings. The van der Waals surface area contributed by atoms with Crippen molar-refractivity contribution in [2.75, 3.05) is 0 Å². The fourth-order valence-corrected chi connectivity index (χ4v) is 3.20. The average Bonchev–Trinajstić information content (AvgIpc) is 3.00. The smallest absolute Gasteiger partial charge is 0.222 e. The summed E-state index contributed by atoms with van der Waals surface area (Å²) in [5.41, 5.74) is 11.2. The Bertz CT molecular complexity index is 900. The minimum atomic E-state index is -0.299. The van der Waals surface area contributed by atoms with Crippen molar-refractivity contribution in [1.29, 1.82) is 0 Å². The summed E-state index contributed by atoms with van der Waals surface area (Å²) in [5.74, 6) is -0.0542. The molecule has 3 rings (SSSR count). The quantitative estimate of drug-likeness (QED) is 0.701. The standard InChI is InChI=1S/C22H26N4O/c1-15-13-16(2)26(25-15)20-11-9-18(10-12-20)17(3)24-22(27)14-21(23)19-7-5-4-6-8-19/h4-13,17,21H,14,23H2,1-3H3,(H,24,27). The maximum absolute atomic E-state index is 12.3. The molecular weight excluding hydrogens is 336 g/mol. The van der Waals surface area contributed by atoms with Crippen molar-refractivity contribution in [2.24, 2.45) is 5.73 Å². The van der Waals surface area contributed by atoms with Gasteiger partial charge in [0.15, 0.2) is 0 Å². The summed E-state index contributed by atoms with van der Waals surface area (Å²) in [6, 6.07) is 19.4. The lowest BCUT2D eigenvalue weighted by Gasteiger charge is -2.17. The van der Waals surface area contributed by atoms with Crippen LogP contribution in [0.2, 0.25) is 0 Å². The highest BCUT2D eigenvalue weighted by molar-refractivity contribution is 5.77. The van der Waals surface area contributed by atoms with E-state index in [4.69, 9.17) is 5.73 Å². The molecule has 0 aliphatic heterocycles. The Hall–Kier alpha value is -2.92. The summed E-state index contributed by atoms with van der Waals surface area (Å²) in [6.45, 7) is 5.99. The molecule has 2 atom stereocenters. The van der Waals surface area contributed by atoms with Crippen LogP contribution in [-0.2, 0) is 4.79 Å². The predicted octanol–water partition coefficient (Wildman–Crippen LogP) is 3.76. The number of carbonyl (C=O) groups is 1. The lowest BCUT2D eigenvalue weighted by atomic mass is 10.0. The molecule has 27 heavy (non-hydrogen) atoms. The predicted molar refractivity (Wildman–Crippen MR) is 108 cm³/mol. The number of benzene rings is 2. The molecule has 140 valence electrons. The van der Waals surface area contributed by atoms with Crippen molar-refractivity contribution >= 4 is 5.91 Å². The van der Waals surface area contributed by atoms with Gasteiger partial charge in [0.2, 0.25) is 5.91 Å². The third-order valence-corrected chi connectivity index (χ3v) is 4.66. The van der Waals surface area contributed by atoms with E-state index in [0.717, 1.165) is 28.2 Å². The van der Waals surface area contributed by atoms with Gasteiger partial charge in [-0.05, 0) is 50.1 Å². The van der Waals surface area contributed by atoms with Crippen molar-refractivity contribution in [3.63, 3.8) is 0 Å². The van der Waals surface area contributed by atoms with Gasteiger partial charge in [0.25, 0.3) is 0 Å². The second-order valence-electron chi connectivity index (χ2n) is 6.94. The Kier molecular flexibility index (Phi) is 5.72. The lowest BCUT2D eigenvalue weighted by molar-refractivity contribution is -0.122. The second kappa shape index (κ2) is 8.18. The molecule has 0 radical (unpaired) electrons. The molecule has 0 aliphatic carbocycles. The van der Waals surface area contributed by atoms with Crippen LogP contribution >= 0.6 is 0 Å². The van der Waals surface area contributed by atoms with E-state index >= 15 is 0 Å². The van der Waals surface area contributed by atoms with Crippen LogP contribution in [0.15, 0.2) is 60.7 Å². The summed E-state index contributed by atoms with van der Waals surface area (Å²) in [7, 11) is 0. The number of nitrogens with one attached hydrogen (secondary N) is 1. The minimum absolute atomic E-state index is 0.0542. The Morgan fingerprint density at radius 1 is 1.07 bits per heavy atom. The van der Waals surface area contributed by atoms with Crippen LogP contribution in [0, 0.1) is 13.8 Å². The Labute approximate surface area is 160 Å². The van der Waals surface area contributed by atoms with Crippen LogP contribution in [0.4, 0.5) is 0 Å². The van der Waals surface area contributed by atoms with E-state index in [1.807, 2.05) is 86.1 Å². The number of nitrogens with two attached hydrogens (primary N) is 1. The largest absolute Gasteiger partial charge is 0.350 e. The van der Waals surface area contributed by atoms with E-state index < -0.39 is 0 Å². The molecule has 3 N–H and O–H groups in total. The van der Waals surface area contributed by atoms with Gasteiger partial charge in [-0.2, -0.15) is 5.10 Å². The number of amides is 1. The Balaban J connectivity index is 1.61. The number of aromatic nitrogens is 2. The van der Waals surface area contributed by atoms with Crippen LogP contribution in [0.1, 0.15) is 47.9 Å². The Morgan fingerprint density at radius 3 is 2.33 bits per heavy atom. The van der Waals surface area contributed by atoms with Gasteiger partial charge < -0.3 is 11.1 Å². The van der Waals surface area contributed by atoms with Crippen molar-refractivity contribution in [1.82, 2.24) is 15.1 Å². The molecule has 2 aromatic carbocycles. The van der Waals surface area contributed by atoms with Gasteiger partial charge >= 0.3 is 0 Å². The van der Waals surface area contributed by atoms with Gasteiger partial charge in [0.1, 0.15) is 0 Å². The molecule has 0 saturated heterocycles. The van der Waals surface area contributed by atoms with E-state index in [1.54, 1.807) is 0 Å². The third kappa shape index (κ3) is 4.63. The van der Waals surface area contributed by atoms with Crippen molar-refractivity contribution in [2.45, 2.75) is 39.3 Å². The van der Waals surface area contributed by atoms with Crippen LogP contribution in [-0.4, -0.2) is 15.7 Å². The molecule has 2 unspecified atom stereocenters. The molecule has 5 nitrogen and oxygen atoms in total. The molecule has 0 saturated carbocycles. The van der Waals surface area contributed by atoms with Crippen LogP contribution in [0.3, 0.4) is 0 Å². The van der Waals surface area contributed by atoms with Crippen LogP contribution in [0.5, 0.6) is 0 Å². The molecule has 1 heterocycles. The fourth-order valence-electron chi connectivity index (χ4n) is 3.20. The molecule has 1 aromatic heterocycles. The molecule has 0 bridgehead atoms. The van der Waals surface area contributed by atoms with E-state index in [-0.39, 0.29) is 24.4 Å². The second-order valence-corrected chi connectivity index (χ2v) is 6.94. The fraction of sp³-hybridized carbons (Fsp3) is 0.273. The SMILES string of the molecule is Cc1cc(C)n(-c2ccc(C(C)NC(=O)CC(N)c3ccccc3)cc2)n1. The summed E-state index contributed by atoms with van der Waals surface area (Å²) in [5, 5.41) is 7.53. The van der Waals surface area contributed by atoms with Gasteiger partial charge in [-0.25, -0.2) is 4.68 Å². The van der Waals surface area contributed by atoms with Gasteiger partial charge in [0.05, 0.1) is 17.4 Å². The van der Waals surface area contributed by atoms with Gasteiger partial charge in [-0.15, -0.1) is 0 Å². The molecule has 1 amide bonds. The zero-order chi connectivity index (χ0) is 19.4. The van der Waals surface area contributed by atoms with E-state index in [1.165, 1.54) is 0 Å². The van der Waals surface area contributed by atoms with Crippen molar-refractivity contribution < 1.29 is 4.79 Å². The van der Waals surface area contributed by atoms with E-state index in [9.17, 15) is 4.79 Å². The van der Waals surface area contributed by atoms with E-state index in [2.05, 4.69) is 10.4 Å². The number of nitrogens with zero attached hydrogens (tertiary/aromatic N) is 2. The maximum atomic E-state index is 12.3. The van der Waals surface area contributed by atoms with E-state index in [0.29, 0.717) is 0 Å². The summed E-state index contributed by atoms with van der Waals surface area (Å²) < 4.78 is 1.92. The van der Waals surface area contributed by atoms with Gasteiger partial charge in [-0.3, -0.25) is 4.79 Å². The van der Waals surface area contributed by atoms with Crippen LogP contribution in [0.25, 0.3) is 5.69 Å².